The summed E-state index contributed by atoms with van der Waals surface area (Å²) < 4.78 is 5.77. The second kappa shape index (κ2) is 9.15. The van der Waals surface area contributed by atoms with Crippen LogP contribution in [0, 0.1) is 0 Å². The highest BCUT2D eigenvalue weighted by Crippen LogP contribution is 2.32. The molecule has 0 spiro atoms. The summed E-state index contributed by atoms with van der Waals surface area (Å²) in [7, 11) is 0. The summed E-state index contributed by atoms with van der Waals surface area (Å²) in [5.41, 5.74) is 2.31. The fourth-order valence-electron chi connectivity index (χ4n) is 3.50. The molecule has 2 aromatic rings. The number of pyridine rings is 1. The van der Waals surface area contributed by atoms with E-state index in [2.05, 4.69) is 40.5 Å². The minimum Gasteiger partial charge on any atom is -0.368 e. The van der Waals surface area contributed by atoms with Crippen molar-refractivity contribution in [2.75, 3.05) is 32.8 Å². The Morgan fingerprint density at radius 2 is 1.84 bits per heavy atom. The van der Waals surface area contributed by atoms with Gasteiger partial charge in [0.15, 0.2) is 0 Å². The molecule has 2 saturated heterocycles. The average Bonchev–Trinajstić information content (AvgIpc) is 3.14. The Hall–Kier alpha value is -0.910. The Morgan fingerprint density at radius 1 is 1.08 bits per heavy atom. The number of nitrogens with one attached hydrogen (secondary N) is 1. The normalized spacial score (nSPS) is 22.4. The lowest BCUT2D eigenvalue weighted by atomic mass is 10.1. The largest absolute Gasteiger partial charge is 0.368 e. The van der Waals surface area contributed by atoms with Crippen LogP contribution in [0.15, 0.2) is 36.4 Å². The SMILES string of the molecule is Cl.Cl.c1ccc2nc(CNCCC3(CN4CCCC4)CO3)ccc2c1. The minimum atomic E-state index is 0. The minimum absolute atomic E-state index is 0. The molecular formula is C19H27Cl2N3O. The van der Waals surface area contributed by atoms with E-state index in [4.69, 9.17) is 9.72 Å². The molecule has 0 saturated carbocycles. The first-order valence-corrected chi connectivity index (χ1v) is 8.75. The van der Waals surface area contributed by atoms with Crippen molar-refractivity contribution in [3.8, 4) is 0 Å². The summed E-state index contributed by atoms with van der Waals surface area (Å²) in [4.78, 5) is 7.26. The molecule has 1 unspecified atom stereocenters. The molecule has 1 aromatic carbocycles. The third-order valence-corrected chi connectivity index (χ3v) is 4.98. The van der Waals surface area contributed by atoms with Crippen molar-refractivity contribution in [3.05, 3.63) is 42.1 Å². The second-order valence-electron chi connectivity index (χ2n) is 6.88. The van der Waals surface area contributed by atoms with E-state index in [0.717, 1.165) is 43.9 Å². The first-order chi connectivity index (χ1) is 11.3. The van der Waals surface area contributed by atoms with E-state index >= 15 is 0 Å². The van der Waals surface area contributed by atoms with Gasteiger partial charge in [-0.2, -0.15) is 0 Å². The zero-order valence-electron chi connectivity index (χ0n) is 14.4. The Kier molecular flexibility index (Phi) is 7.47. The number of para-hydroxylation sites is 1. The molecule has 4 nitrogen and oxygen atoms in total. The van der Waals surface area contributed by atoms with Gasteiger partial charge in [0.05, 0.1) is 17.8 Å². The Balaban J connectivity index is 0.00000113. The molecular weight excluding hydrogens is 357 g/mol. The number of benzene rings is 1. The van der Waals surface area contributed by atoms with Crippen molar-refractivity contribution in [1.29, 1.82) is 0 Å². The van der Waals surface area contributed by atoms with E-state index in [9.17, 15) is 0 Å². The first kappa shape index (κ1) is 20.4. The molecule has 0 aliphatic carbocycles. The van der Waals surface area contributed by atoms with E-state index in [1.165, 1.54) is 31.3 Å². The highest BCUT2D eigenvalue weighted by molar-refractivity contribution is 5.85. The number of likely N-dealkylation sites (tertiary alicyclic amines) is 1. The molecule has 138 valence electrons. The number of hydrogen-bond donors (Lipinski definition) is 1. The van der Waals surface area contributed by atoms with Crippen LogP contribution in [0.4, 0.5) is 0 Å². The highest BCUT2D eigenvalue weighted by Gasteiger charge is 2.45. The standard InChI is InChI=1S/C19H25N3O.2ClH/c1-2-6-18-16(5-1)7-8-17(21-18)13-20-10-9-19(15-23-19)14-22-11-3-4-12-22;;/h1-2,5-8,20H,3-4,9-15H2;2*1H. The predicted octanol–water partition coefficient (Wildman–Crippen LogP) is 3.42. The Bertz CT molecular complexity index is 673. The van der Waals surface area contributed by atoms with Crippen LogP contribution in [0.25, 0.3) is 10.9 Å². The van der Waals surface area contributed by atoms with Crippen LogP contribution in [0.5, 0.6) is 0 Å². The molecule has 4 rings (SSSR count). The smallest absolute Gasteiger partial charge is 0.105 e. The lowest BCUT2D eigenvalue weighted by molar-refractivity contribution is 0.202. The fourth-order valence-corrected chi connectivity index (χ4v) is 3.50. The van der Waals surface area contributed by atoms with Crippen molar-refractivity contribution in [2.45, 2.75) is 31.4 Å². The van der Waals surface area contributed by atoms with Crippen LogP contribution in [-0.4, -0.2) is 48.3 Å². The Morgan fingerprint density at radius 3 is 2.60 bits per heavy atom. The summed E-state index contributed by atoms with van der Waals surface area (Å²) in [5, 5.41) is 4.73. The van der Waals surface area contributed by atoms with Crippen LogP contribution in [0.2, 0.25) is 0 Å². The van der Waals surface area contributed by atoms with E-state index in [-0.39, 0.29) is 30.4 Å². The van der Waals surface area contributed by atoms with Gasteiger partial charge in [0, 0.05) is 18.5 Å². The molecule has 6 heteroatoms. The zero-order valence-corrected chi connectivity index (χ0v) is 16.1. The second-order valence-corrected chi connectivity index (χ2v) is 6.88. The number of ether oxygens (including phenoxy) is 1. The maximum Gasteiger partial charge on any atom is 0.105 e. The number of epoxide rings is 1. The molecule has 0 radical (unpaired) electrons. The molecule has 3 heterocycles. The molecule has 1 aromatic heterocycles. The van der Waals surface area contributed by atoms with Gasteiger partial charge in [-0.25, -0.2) is 0 Å². The van der Waals surface area contributed by atoms with Crippen LogP contribution < -0.4 is 5.32 Å². The van der Waals surface area contributed by atoms with Crippen molar-refractivity contribution in [1.82, 2.24) is 15.2 Å². The summed E-state index contributed by atoms with van der Waals surface area (Å²) in [6.07, 6.45) is 3.79. The third kappa shape index (κ3) is 5.28. The van der Waals surface area contributed by atoms with Crippen molar-refractivity contribution in [2.24, 2.45) is 0 Å². The monoisotopic (exact) mass is 383 g/mol. The summed E-state index contributed by atoms with van der Waals surface area (Å²) >= 11 is 0. The van der Waals surface area contributed by atoms with Gasteiger partial charge in [-0.1, -0.05) is 24.3 Å². The summed E-state index contributed by atoms with van der Waals surface area (Å²) in [5.74, 6) is 0. The Labute approximate surface area is 162 Å². The molecule has 0 amide bonds. The fraction of sp³-hybridized carbons (Fsp3) is 0.526. The number of fused-ring (bicyclic) bond motifs is 1. The molecule has 1 atom stereocenters. The van der Waals surface area contributed by atoms with Crippen LogP contribution in [0.3, 0.4) is 0 Å². The topological polar surface area (TPSA) is 40.7 Å². The van der Waals surface area contributed by atoms with Crippen LogP contribution in [0.1, 0.15) is 25.0 Å². The number of rotatable bonds is 7. The van der Waals surface area contributed by atoms with E-state index in [1.807, 2.05) is 6.07 Å². The highest BCUT2D eigenvalue weighted by atomic mass is 35.5. The predicted molar refractivity (Wildman–Crippen MR) is 107 cm³/mol. The van der Waals surface area contributed by atoms with E-state index < -0.39 is 0 Å². The molecule has 2 aliphatic rings. The molecule has 2 aliphatic heterocycles. The van der Waals surface area contributed by atoms with Gasteiger partial charge in [-0.3, -0.25) is 4.98 Å². The van der Waals surface area contributed by atoms with Crippen molar-refractivity contribution in [3.63, 3.8) is 0 Å². The van der Waals surface area contributed by atoms with Gasteiger partial charge in [0.2, 0.25) is 0 Å². The van der Waals surface area contributed by atoms with Crippen LogP contribution >= 0.6 is 24.8 Å². The van der Waals surface area contributed by atoms with Crippen molar-refractivity contribution >= 4 is 35.7 Å². The van der Waals surface area contributed by atoms with Gasteiger partial charge in [-0.05, 0) is 51.0 Å². The van der Waals surface area contributed by atoms with Crippen molar-refractivity contribution < 1.29 is 4.74 Å². The maximum absolute atomic E-state index is 5.77. The molecule has 0 bridgehead atoms. The van der Waals surface area contributed by atoms with Gasteiger partial charge in [0.25, 0.3) is 0 Å². The summed E-state index contributed by atoms with van der Waals surface area (Å²) in [6.45, 7) is 6.36. The lowest BCUT2D eigenvalue weighted by Gasteiger charge is -2.20. The number of aromatic nitrogens is 1. The summed E-state index contributed by atoms with van der Waals surface area (Å²) in [6, 6.07) is 12.5. The number of nitrogens with zero attached hydrogens (tertiary/aromatic N) is 2. The quantitative estimate of drug-likeness (QED) is 0.587. The van der Waals surface area contributed by atoms with Gasteiger partial charge in [0.1, 0.15) is 5.60 Å². The molecule has 25 heavy (non-hydrogen) atoms. The molecule has 2 fully saturated rings. The van der Waals surface area contributed by atoms with Crippen LogP contribution in [-0.2, 0) is 11.3 Å². The lowest BCUT2D eigenvalue weighted by Crippen LogP contribution is -2.35. The average molecular weight is 384 g/mol. The van der Waals surface area contributed by atoms with Gasteiger partial charge in [-0.15, -0.1) is 24.8 Å². The third-order valence-electron chi connectivity index (χ3n) is 4.98. The first-order valence-electron chi connectivity index (χ1n) is 8.75. The molecule has 1 N–H and O–H groups in total. The van der Waals surface area contributed by atoms with Gasteiger partial charge < -0.3 is 15.0 Å². The maximum atomic E-state index is 5.77. The van der Waals surface area contributed by atoms with Gasteiger partial charge >= 0.3 is 0 Å². The number of halogens is 2. The zero-order chi connectivity index (χ0) is 15.5. The van der Waals surface area contributed by atoms with E-state index in [0.29, 0.717) is 0 Å². The van der Waals surface area contributed by atoms with E-state index in [1.54, 1.807) is 0 Å². The number of hydrogen-bond acceptors (Lipinski definition) is 4.